The molecule has 0 bridgehead atoms. The molecule has 0 unspecified atom stereocenters. The Labute approximate surface area is 312 Å². The van der Waals surface area contributed by atoms with Gasteiger partial charge in [-0.2, -0.15) is 0 Å². The van der Waals surface area contributed by atoms with Crippen LogP contribution in [0.3, 0.4) is 0 Å². The number of H-pyrrole nitrogens is 1. The molecule has 11 heteroatoms. The van der Waals surface area contributed by atoms with Crippen molar-refractivity contribution in [3.05, 3.63) is 191 Å². The van der Waals surface area contributed by atoms with E-state index < -0.39 is 5.92 Å². The van der Waals surface area contributed by atoms with Gasteiger partial charge in [-0.05, 0) is 28.3 Å². The quantitative estimate of drug-likeness (QED) is 0.105. The minimum absolute atomic E-state index is 0.0551. The van der Waals surface area contributed by atoms with Crippen molar-refractivity contribution in [2.75, 3.05) is 17.2 Å². The van der Waals surface area contributed by atoms with Gasteiger partial charge in [0, 0.05) is 30.1 Å². The highest BCUT2D eigenvalue weighted by Gasteiger charge is 2.23. The van der Waals surface area contributed by atoms with E-state index in [1.54, 1.807) is 24.5 Å². The maximum Gasteiger partial charge on any atom is 0.248 e. The van der Waals surface area contributed by atoms with Gasteiger partial charge in [-0.25, -0.2) is 4.98 Å². The first kappa shape index (κ1) is 37.8. The fourth-order valence-corrected chi connectivity index (χ4v) is 6.22. The molecule has 7 aromatic rings. The summed E-state index contributed by atoms with van der Waals surface area (Å²) < 4.78 is 4.69. The number of hydrogen-bond donors (Lipinski definition) is 4. The predicted molar refractivity (Wildman–Crippen MR) is 211 cm³/mol. The maximum absolute atomic E-state index is 13.1. The maximum atomic E-state index is 13.1. The number of aromatic nitrogens is 3. The van der Waals surface area contributed by atoms with Gasteiger partial charge in [0.25, 0.3) is 0 Å². The molecule has 0 aliphatic carbocycles. The SMILES string of the molecule is CC.O=C(CNC(c1ccccc1)c1ccccc1)Nc1ccon1.O=C(Nc1ncc(-c2cc[nH]c(=O)c2)s1)C(c1ccccc1)c1ccccc1. The van der Waals surface area contributed by atoms with Crippen LogP contribution in [0.15, 0.2) is 168 Å². The molecule has 0 spiro atoms. The number of carbonyl (C=O) groups is 2. The first-order valence-electron chi connectivity index (χ1n) is 17.1. The Hall–Kier alpha value is -6.43. The van der Waals surface area contributed by atoms with Gasteiger partial charge in [0.05, 0.1) is 23.4 Å². The number of amides is 2. The first-order chi connectivity index (χ1) is 26.0. The normalized spacial score (nSPS) is 10.4. The second-order valence-corrected chi connectivity index (χ2v) is 12.3. The lowest BCUT2D eigenvalue weighted by Gasteiger charge is -2.19. The van der Waals surface area contributed by atoms with Crippen LogP contribution in [0.1, 0.15) is 48.1 Å². The highest BCUT2D eigenvalue weighted by atomic mass is 32.1. The van der Waals surface area contributed by atoms with Crippen LogP contribution in [-0.2, 0) is 9.59 Å². The minimum atomic E-state index is -0.436. The van der Waals surface area contributed by atoms with Gasteiger partial charge in [-0.1, -0.05) is 152 Å². The Bertz CT molecular complexity index is 2100. The average Bonchev–Trinajstić information content (AvgIpc) is 3.90. The van der Waals surface area contributed by atoms with E-state index in [2.05, 4.69) is 31.1 Å². The summed E-state index contributed by atoms with van der Waals surface area (Å²) in [5.74, 6) is -0.345. The van der Waals surface area contributed by atoms with Crippen molar-refractivity contribution in [2.24, 2.45) is 0 Å². The van der Waals surface area contributed by atoms with Crippen LogP contribution in [0.25, 0.3) is 10.4 Å². The Morgan fingerprint density at radius 1 is 0.736 bits per heavy atom. The fourth-order valence-electron chi connectivity index (χ4n) is 5.40. The van der Waals surface area contributed by atoms with Gasteiger partial charge in [-0.15, -0.1) is 0 Å². The number of thiazole rings is 1. The van der Waals surface area contributed by atoms with Crippen LogP contribution in [0.2, 0.25) is 0 Å². The molecule has 0 fully saturated rings. The summed E-state index contributed by atoms with van der Waals surface area (Å²) in [4.78, 5) is 44.4. The number of anilines is 2. The van der Waals surface area contributed by atoms with Gasteiger partial charge in [0.2, 0.25) is 17.4 Å². The van der Waals surface area contributed by atoms with Gasteiger partial charge in [0.15, 0.2) is 10.9 Å². The summed E-state index contributed by atoms with van der Waals surface area (Å²) in [5, 5.41) is 13.1. The summed E-state index contributed by atoms with van der Waals surface area (Å²) >= 11 is 1.33. The van der Waals surface area contributed by atoms with E-state index in [9.17, 15) is 14.4 Å². The van der Waals surface area contributed by atoms with E-state index in [0.29, 0.717) is 10.9 Å². The lowest BCUT2D eigenvalue weighted by atomic mass is 9.90. The molecule has 3 heterocycles. The third-order valence-corrected chi connectivity index (χ3v) is 8.72. The Balaban J connectivity index is 0.000000199. The third kappa shape index (κ3) is 11.0. The highest BCUT2D eigenvalue weighted by molar-refractivity contribution is 7.19. The van der Waals surface area contributed by atoms with E-state index in [-0.39, 0.29) is 30.0 Å². The van der Waals surface area contributed by atoms with Crippen LogP contribution < -0.4 is 21.5 Å². The smallest absolute Gasteiger partial charge is 0.248 e. The van der Waals surface area contributed by atoms with E-state index >= 15 is 0 Å². The molecule has 0 atom stereocenters. The summed E-state index contributed by atoms with van der Waals surface area (Å²) in [6.07, 6.45) is 4.67. The lowest BCUT2D eigenvalue weighted by molar-refractivity contribution is -0.117. The molecule has 3 aromatic heterocycles. The zero-order valence-electron chi connectivity index (χ0n) is 29.3. The van der Waals surface area contributed by atoms with E-state index in [1.165, 1.54) is 23.7 Å². The summed E-state index contributed by atoms with van der Waals surface area (Å²) in [6, 6.07) is 44.3. The largest absolute Gasteiger partial charge is 0.363 e. The molecule has 7 rings (SSSR count). The fraction of sp³-hybridized carbons (Fsp3) is 0.119. The van der Waals surface area contributed by atoms with Crippen LogP contribution >= 0.6 is 11.3 Å². The number of benzene rings is 4. The number of pyridine rings is 1. The molecule has 10 nitrogen and oxygen atoms in total. The van der Waals surface area contributed by atoms with E-state index in [4.69, 9.17) is 4.52 Å². The van der Waals surface area contributed by atoms with Gasteiger partial charge >= 0.3 is 0 Å². The number of rotatable bonds is 11. The number of nitrogens with one attached hydrogen (secondary N) is 4. The molecule has 0 radical (unpaired) electrons. The second kappa shape index (κ2) is 19.8. The van der Waals surface area contributed by atoms with Crippen molar-refractivity contribution in [3.8, 4) is 10.4 Å². The molecule has 0 aliphatic heterocycles. The molecular formula is C42H40N6O4S. The number of carbonyl (C=O) groups excluding carboxylic acids is 2. The molecule has 4 aromatic carbocycles. The van der Waals surface area contributed by atoms with E-state index in [1.807, 2.05) is 135 Å². The zero-order valence-corrected chi connectivity index (χ0v) is 30.1. The molecule has 4 N–H and O–H groups in total. The summed E-state index contributed by atoms with van der Waals surface area (Å²) in [5.41, 5.74) is 4.63. The van der Waals surface area contributed by atoms with Crippen molar-refractivity contribution in [2.45, 2.75) is 25.8 Å². The average molecular weight is 725 g/mol. The number of nitrogens with zero attached hydrogens (tertiary/aromatic N) is 2. The van der Waals surface area contributed by atoms with Gasteiger partial charge < -0.3 is 20.1 Å². The topological polar surface area (TPSA) is 142 Å². The van der Waals surface area contributed by atoms with Crippen molar-refractivity contribution in [1.29, 1.82) is 0 Å². The zero-order chi connectivity index (χ0) is 37.3. The number of hydrogen-bond acceptors (Lipinski definition) is 8. The van der Waals surface area contributed by atoms with Crippen molar-refractivity contribution in [3.63, 3.8) is 0 Å². The van der Waals surface area contributed by atoms with E-state index in [0.717, 1.165) is 32.7 Å². The molecule has 0 saturated heterocycles. The monoisotopic (exact) mass is 724 g/mol. The molecule has 53 heavy (non-hydrogen) atoms. The third-order valence-electron chi connectivity index (χ3n) is 7.76. The Morgan fingerprint density at radius 3 is 1.79 bits per heavy atom. The standard InChI is InChI=1S/C22H17N3O2S.C18H17N3O2.C2H6/c26-19-13-17(11-12-23-19)18-14-24-22(28-18)25-21(27)20(15-7-3-1-4-8-15)16-9-5-2-6-10-16;22-17(20-16-11-12-23-21-16)13-19-18(14-7-3-1-4-8-14)15-9-5-2-6-10-15;1-2/h1-14,20H,(H,23,26)(H,24,25,27);1-12,18-19H,13H2,(H,20,21,22);1-2H3. The van der Waals surface area contributed by atoms with Crippen LogP contribution in [0.4, 0.5) is 10.9 Å². The van der Waals surface area contributed by atoms with Gasteiger partial charge in [-0.3, -0.25) is 19.7 Å². The van der Waals surface area contributed by atoms with Crippen LogP contribution in [0.5, 0.6) is 0 Å². The Morgan fingerprint density at radius 2 is 1.28 bits per heavy atom. The lowest BCUT2D eigenvalue weighted by Crippen LogP contribution is -2.32. The highest BCUT2D eigenvalue weighted by Crippen LogP contribution is 2.31. The minimum Gasteiger partial charge on any atom is -0.363 e. The number of aromatic amines is 1. The van der Waals surface area contributed by atoms with Gasteiger partial charge in [0.1, 0.15) is 6.26 Å². The molecule has 2 amide bonds. The van der Waals surface area contributed by atoms with Crippen molar-refractivity contribution in [1.82, 2.24) is 20.4 Å². The summed E-state index contributed by atoms with van der Waals surface area (Å²) in [6.45, 7) is 4.17. The van der Waals surface area contributed by atoms with Crippen LogP contribution in [-0.4, -0.2) is 33.5 Å². The van der Waals surface area contributed by atoms with Crippen LogP contribution in [0, 0.1) is 0 Å². The predicted octanol–water partition coefficient (Wildman–Crippen LogP) is 8.29. The first-order valence-corrected chi connectivity index (χ1v) is 17.9. The van der Waals surface area contributed by atoms with Crippen molar-refractivity contribution >= 4 is 34.1 Å². The molecule has 0 saturated carbocycles. The Kier molecular flexibility index (Phi) is 14.1. The molecule has 268 valence electrons. The summed E-state index contributed by atoms with van der Waals surface area (Å²) in [7, 11) is 0. The second-order valence-electron chi connectivity index (χ2n) is 11.3. The molecular weight excluding hydrogens is 685 g/mol. The van der Waals surface area contributed by atoms with Crippen molar-refractivity contribution < 1.29 is 14.1 Å². The molecule has 0 aliphatic rings.